The van der Waals surface area contributed by atoms with Crippen LogP contribution in [0.15, 0.2) is 118 Å². The molecule has 0 unspecified atom stereocenters. The molecule has 0 saturated heterocycles. The van der Waals surface area contributed by atoms with E-state index in [0.29, 0.717) is 11.1 Å². The number of para-hydroxylation sites is 2. The van der Waals surface area contributed by atoms with Crippen molar-refractivity contribution < 1.29 is 83.8 Å². The molecule has 0 radical (unpaired) electrons. The summed E-state index contributed by atoms with van der Waals surface area (Å²) in [6.45, 7) is 2.86. The summed E-state index contributed by atoms with van der Waals surface area (Å²) in [6.07, 6.45) is 11.7. The Morgan fingerprint density at radius 3 is 1.26 bits per heavy atom. The third-order valence-electron chi connectivity index (χ3n) is 4.65. The van der Waals surface area contributed by atoms with Gasteiger partial charge in [0.05, 0.1) is 12.1 Å². The van der Waals surface area contributed by atoms with Gasteiger partial charge in [-0.1, -0.05) is 60.7 Å². The molecule has 2 heterocycles. The molecule has 0 saturated carbocycles. The van der Waals surface area contributed by atoms with Crippen molar-refractivity contribution in [1.82, 2.24) is 20.8 Å². The van der Waals surface area contributed by atoms with Crippen molar-refractivity contribution in [2.45, 2.75) is 13.8 Å². The Labute approximate surface area is 339 Å². The maximum absolute atomic E-state index is 11.4. The van der Waals surface area contributed by atoms with E-state index in [0.717, 1.165) is 11.1 Å². The van der Waals surface area contributed by atoms with Gasteiger partial charge < -0.3 is 53.8 Å². The second kappa shape index (κ2) is 39.5. The first-order valence-electron chi connectivity index (χ1n) is 13.4. The van der Waals surface area contributed by atoms with Crippen LogP contribution < -0.4 is 21.1 Å². The number of carbonyl (C=O) groups is 2. The summed E-state index contributed by atoms with van der Waals surface area (Å²) in [5.41, 5.74) is 13.2. The second-order valence-electron chi connectivity index (χ2n) is 8.14. The fourth-order valence-corrected chi connectivity index (χ4v) is 2.73. The molecule has 4 rings (SSSR count). The van der Waals surface area contributed by atoms with E-state index in [9.17, 15) is 19.8 Å². The van der Waals surface area contributed by atoms with E-state index in [-0.39, 0.29) is 75.5 Å². The predicted molar refractivity (Wildman–Crippen MR) is 180 cm³/mol. The van der Waals surface area contributed by atoms with Gasteiger partial charge in [-0.2, -0.15) is 10.5 Å². The average molecular weight is 901 g/mol. The summed E-state index contributed by atoms with van der Waals surface area (Å²) >= 11 is 0. The molecule has 0 aliphatic rings. The molecule has 2 aromatic carbocycles. The second-order valence-corrected chi connectivity index (χ2v) is 8.14. The molecule has 0 spiro atoms. The van der Waals surface area contributed by atoms with Gasteiger partial charge in [0.2, 0.25) is 0 Å². The van der Waals surface area contributed by atoms with Crippen molar-refractivity contribution in [2.24, 2.45) is 20.4 Å². The van der Waals surface area contributed by atoms with Crippen LogP contribution in [0.25, 0.3) is 10.9 Å². The van der Waals surface area contributed by atoms with E-state index in [2.05, 4.69) is 52.1 Å². The summed E-state index contributed by atoms with van der Waals surface area (Å²) in [7, 11) is 0. The number of rotatable bonds is 8. The van der Waals surface area contributed by atoms with Crippen LogP contribution in [0.4, 0.5) is 9.59 Å². The monoisotopic (exact) mass is 904 g/mol. The minimum atomic E-state index is -0.741. The van der Waals surface area contributed by atoms with Crippen LogP contribution in [0.2, 0.25) is 0 Å². The van der Waals surface area contributed by atoms with E-state index in [1.165, 1.54) is 50.8 Å². The number of benzene rings is 2. The minimum Gasteiger partial charge on any atom is -2.00 e. The molecular weight excluding hydrogens is 872 g/mol. The molecule has 54 heavy (non-hydrogen) atoms. The van der Waals surface area contributed by atoms with Crippen LogP contribution in [0.1, 0.15) is 36.1 Å². The van der Waals surface area contributed by atoms with E-state index < -0.39 is 12.1 Å². The van der Waals surface area contributed by atoms with Crippen molar-refractivity contribution in [3.05, 3.63) is 131 Å². The Kier molecular flexibility index (Phi) is 43.8. The normalized spacial score (nSPS) is 8.74. The average Bonchev–Trinajstić information content (AvgIpc) is 3.09. The molecule has 288 valence electrons. The Morgan fingerprint density at radius 2 is 0.963 bits per heavy atom. The minimum absolute atomic E-state index is 0. The molecule has 2 N–H and O–H groups in total. The maximum Gasteiger partial charge on any atom is 0.187 e. The van der Waals surface area contributed by atoms with Gasteiger partial charge in [0.1, 0.15) is 0 Å². The Hall–Kier alpha value is -6.24. The standard InChI is InChI=1S/2C14H13N5O2.2C2H3N.2Mo.4O/c2*20-13-6-2-1-5-12(13)10-17-19-14(21)18-16-9-11-4-3-7-15-8-11;2*1-2-3;;;;;;/h2*1-10H,(H3,17,18,19,20,21);2*1H3;;;;;;/q;;;;;;4*-2/p-4/b2*16-9+;;;;;;;;. The quantitative estimate of drug-likeness (QED) is 0.148. The zero-order valence-electron chi connectivity index (χ0n) is 28.1. The summed E-state index contributed by atoms with van der Waals surface area (Å²) in [4.78, 5) is 30.4. The Morgan fingerprint density at radius 1 is 0.630 bits per heavy atom. The predicted octanol–water partition coefficient (Wildman–Crippen LogP) is 3.79. The van der Waals surface area contributed by atoms with E-state index in [4.69, 9.17) is 10.5 Å². The molecule has 2 aromatic heterocycles. The van der Waals surface area contributed by atoms with Crippen molar-refractivity contribution in [1.29, 1.82) is 10.5 Å². The van der Waals surface area contributed by atoms with Crippen LogP contribution in [0, 0.1) is 22.7 Å². The largest absolute Gasteiger partial charge is 2.00 e. The third-order valence-corrected chi connectivity index (χ3v) is 4.65. The molecule has 4 aromatic rings. The topological polar surface area (TPSA) is 369 Å². The number of pyridine rings is 2. The fourth-order valence-electron chi connectivity index (χ4n) is 2.73. The Bertz CT molecular complexity index is 1630. The summed E-state index contributed by atoms with van der Waals surface area (Å²) in [5.74, 6) is -0.377. The van der Waals surface area contributed by atoms with Crippen LogP contribution >= 0.6 is 0 Å². The summed E-state index contributed by atoms with van der Waals surface area (Å²) in [6, 6.07) is 21.7. The van der Waals surface area contributed by atoms with Crippen molar-refractivity contribution in [2.75, 3.05) is 0 Å². The molecule has 4 amide bonds. The van der Waals surface area contributed by atoms with Gasteiger partial charge in [0.25, 0.3) is 0 Å². The molecule has 0 bridgehead atoms. The van der Waals surface area contributed by atoms with E-state index in [1.54, 1.807) is 97.6 Å². The van der Waals surface area contributed by atoms with Gasteiger partial charge in [-0.05, 0) is 23.3 Å². The molecule has 0 fully saturated rings. The number of urea groups is 2. The number of hydrazone groups is 2. The fraction of sp³-hybridized carbons (Fsp3) is 0.0625. The van der Waals surface area contributed by atoms with Gasteiger partial charge in [-0.3, -0.25) is 40.0 Å². The molecule has 20 nitrogen and oxygen atoms in total. The maximum atomic E-state index is 11.4. The number of nitriles is 2. The van der Waals surface area contributed by atoms with Gasteiger partial charge in [0, 0.05) is 117 Å². The number of aromatic nitrogens is 2. The molecule has 22 heteroatoms. The number of nitrogens with one attached hydrogen (secondary N) is 2. The third kappa shape index (κ3) is 29.5. The van der Waals surface area contributed by atoms with E-state index in [1.807, 2.05) is 0 Å². The zero-order valence-corrected chi connectivity index (χ0v) is 32.1. The van der Waals surface area contributed by atoms with Crippen molar-refractivity contribution in [3.8, 4) is 23.6 Å². The van der Waals surface area contributed by atoms with Crippen molar-refractivity contribution >= 4 is 36.9 Å². The van der Waals surface area contributed by atoms with Gasteiger partial charge >= 0.3 is 0 Å². The van der Waals surface area contributed by atoms with Gasteiger partial charge in [-0.15, -0.1) is 11.5 Å². The Balaban J connectivity index is -0.000000169. The molecule has 0 aliphatic carbocycles. The first kappa shape index (κ1) is 59.9. The molecule has 0 atom stereocenters. The van der Waals surface area contributed by atoms with Crippen LogP contribution in [-0.4, -0.2) is 46.9 Å². The first-order chi connectivity index (χ1) is 23.3. The van der Waals surface area contributed by atoms with Gasteiger partial charge in [0.15, 0.2) is 12.1 Å². The number of carbonyl (C=O) groups excluding carboxylic acids is 2. The SMILES string of the molecule is CC#N.CC#N.O=C([N-]/N=C/c1ccccc1[O-])N/N=C/c1cccnc1.O=C([N-]/N=C/c1ccccc1[O-])N/N=C/c1cccnc1.[Mo].[Mo].[O-2].[O-2].[O-2].[O-2]. The van der Waals surface area contributed by atoms with E-state index >= 15 is 0 Å². The summed E-state index contributed by atoms with van der Waals surface area (Å²) < 4.78 is 0. The smallest absolute Gasteiger partial charge is 0.187 e. The molecule has 0 aliphatic heterocycles. The van der Waals surface area contributed by atoms with Crippen LogP contribution in [0.3, 0.4) is 0 Å². The first-order valence-corrected chi connectivity index (χ1v) is 13.4. The zero-order chi connectivity index (χ0) is 35.2. The van der Waals surface area contributed by atoms with Gasteiger partial charge in [-0.25, -0.2) is 0 Å². The number of hydrogen-bond donors (Lipinski definition) is 2. The number of amides is 4. The summed E-state index contributed by atoms with van der Waals surface area (Å²) in [5, 5.41) is 51.8. The molecular formula is C32H28Mo2N12O8-12. The number of nitrogens with zero attached hydrogens (tertiary/aromatic N) is 10. The van der Waals surface area contributed by atoms with Crippen LogP contribution in [-0.2, 0) is 64.0 Å². The number of hydrogen-bond acceptors (Lipinski definition) is 12. The van der Waals surface area contributed by atoms with Crippen LogP contribution in [0.5, 0.6) is 11.5 Å². The van der Waals surface area contributed by atoms with Crippen molar-refractivity contribution in [3.63, 3.8) is 0 Å².